The number of methoxy groups -OCH3 is 1. The quantitative estimate of drug-likeness (QED) is 0.743. The molecule has 0 unspecified atom stereocenters. The molecule has 1 aliphatic heterocycles. The molecule has 1 amide bonds. The lowest BCUT2D eigenvalue weighted by Gasteiger charge is -2.33. The number of carbonyl (C=O) groups excluding carboxylic acids is 2. The average Bonchev–Trinajstić information content (AvgIpc) is 3.20. The number of rotatable bonds is 5. The molecule has 29 heavy (non-hydrogen) atoms. The van der Waals surface area contributed by atoms with Crippen molar-refractivity contribution in [3.05, 3.63) is 17.1 Å². The Bertz CT molecular complexity index is 916. The fraction of sp³-hybridized carbons (Fsp3) is 0.550. The number of amides is 1. The lowest BCUT2D eigenvalue weighted by molar-refractivity contribution is -0.140. The number of anilines is 1. The fourth-order valence-electron chi connectivity index (χ4n) is 4.02. The molecular formula is C20H25N3O5S. The largest absolute Gasteiger partial charge is 0.494 e. The monoisotopic (exact) mass is 419 g/mol. The smallest absolute Gasteiger partial charge is 0.368 e. The van der Waals surface area contributed by atoms with Gasteiger partial charge in [0.15, 0.2) is 5.60 Å². The maximum atomic E-state index is 12.9. The molecule has 156 valence electrons. The van der Waals surface area contributed by atoms with Gasteiger partial charge in [0.05, 0.1) is 30.7 Å². The van der Waals surface area contributed by atoms with Crippen molar-refractivity contribution < 1.29 is 23.8 Å². The van der Waals surface area contributed by atoms with Crippen LogP contribution in [0.5, 0.6) is 5.75 Å². The summed E-state index contributed by atoms with van der Waals surface area (Å²) in [5, 5.41) is 0.199. The number of benzene rings is 1. The van der Waals surface area contributed by atoms with Crippen LogP contribution >= 0.6 is 11.3 Å². The van der Waals surface area contributed by atoms with E-state index in [0.717, 1.165) is 42.7 Å². The zero-order valence-electron chi connectivity index (χ0n) is 16.4. The van der Waals surface area contributed by atoms with Crippen molar-refractivity contribution in [2.45, 2.75) is 37.7 Å². The van der Waals surface area contributed by atoms with Crippen LogP contribution in [0.15, 0.2) is 12.1 Å². The third-order valence-corrected chi connectivity index (χ3v) is 6.69. The second-order valence-electron chi connectivity index (χ2n) is 7.39. The Labute approximate surface area is 172 Å². The Hall–Kier alpha value is -2.39. The van der Waals surface area contributed by atoms with Crippen molar-refractivity contribution >= 4 is 39.1 Å². The Morgan fingerprint density at radius 3 is 2.59 bits per heavy atom. The highest BCUT2D eigenvalue weighted by molar-refractivity contribution is 7.21. The summed E-state index contributed by atoms with van der Waals surface area (Å²) in [7, 11) is 1.57. The molecule has 0 bridgehead atoms. The van der Waals surface area contributed by atoms with Crippen LogP contribution in [0, 0.1) is 0 Å². The standard InChI is InChI=1S/C20H25N3O5S/c1-26-14-6-5-13(23-9-11-27-12-10-23)16-15(14)22-17(29-16)18(24)28-20(19(21)25)7-3-2-4-8-20/h5-6H,2-4,7-12H2,1H3,(H2,21,25). The summed E-state index contributed by atoms with van der Waals surface area (Å²) in [4.78, 5) is 31.7. The number of morpholine rings is 1. The molecule has 1 aliphatic carbocycles. The van der Waals surface area contributed by atoms with E-state index < -0.39 is 17.5 Å². The van der Waals surface area contributed by atoms with Crippen molar-refractivity contribution in [1.29, 1.82) is 0 Å². The first-order valence-electron chi connectivity index (χ1n) is 9.87. The van der Waals surface area contributed by atoms with Gasteiger partial charge >= 0.3 is 5.97 Å². The summed E-state index contributed by atoms with van der Waals surface area (Å²) in [6, 6.07) is 3.83. The second kappa shape index (κ2) is 8.16. The molecule has 2 aliphatic rings. The molecule has 2 fully saturated rings. The van der Waals surface area contributed by atoms with Crippen LogP contribution in [-0.4, -0.2) is 55.9 Å². The zero-order chi connectivity index (χ0) is 20.4. The Kier molecular flexibility index (Phi) is 5.60. The lowest BCUT2D eigenvalue weighted by atomic mass is 9.84. The van der Waals surface area contributed by atoms with Crippen LogP contribution in [0.2, 0.25) is 0 Å². The number of hydrogen-bond donors (Lipinski definition) is 1. The molecule has 1 saturated carbocycles. The minimum atomic E-state index is -1.23. The van der Waals surface area contributed by atoms with E-state index in [9.17, 15) is 9.59 Å². The van der Waals surface area contributed by atoms with E-state index in [4.69, 9.17) is 19.9 Å². The van der Waals surface area contributed by atoms with E-state index in [1.54, 1.807) is 7.11 Å². The van der Waals surface area contributed by atoms with Crippen molar-refractivity contribution in [1.82, 2.24) is 4.98 Å². The van der Waals surface area contributed by atoms with Gasteiger partial charge in [-0.1, -0.05) is 6.42 Å². The molecule has 4 rings (SSSR count). The number of carbonyl (C=O) groups is 2. The predicted molar refractivity (Wildman–Crippen MR) is 110 cm³/mol. The molecule has 9 heteroatoms. The predicted octanol–water partition coefficient (Wildman–Crippen LogP) is 2.49. The number of nitrogens with zero attached hydrogens (tertiary/aromatic N) is 2. The summed E-state index contributed by atoms with van der Waals surface area (Å²) in [5.41, 5.74) is 5.97. The van der Waals surface area contributed by atoms with Crippen molar-refractivity contribution in [3.63, 3.8) is 0 Å². The molecule has 2 N–H and O–H groups in total. The van der Waals surface area contributed by atoms with Gasteiger partial charge in [0, 0.05) is 13.1 Å². The summed E-state index contributed by atoms with van der Waals surface area (Å²) >= 11 is 1.25. The molecular weight excluding hydrogens is 394 g/mol. The van der Waals surface area contributed by atoms with Gasteiger partial charge in [-0.3, -0.25) is 4.79 Å². The molecule has 1 saturated heterocycles. The normalized spacial score (nSPS) is 19.1. The molecule has 0 radical (unpaired) electrons. The minimum Gasteiger partial charge on any atom is -0.494 e. The summed E-state index contributed by atoms with van der Waals surface area (Å²) in [5.74, 6) is -0.602. The van der Waals surface area contributed by atoms with Crippen LogP contribution in [-0.2, 0) is 14.3 Å². The first-order valence-corrected chi connectivity index (χ1v) is 10.7. The van der Waals surface area contributed by atoms with Crippen LogP contribution in [0.1, 0.15) is 41.9 Å². The lowest BCUT2D eigenvalue weighted by Crippen LogP contribution is -2.49. The number of thiazole rings is 1. The van der Waals surface area contributed by atoms with Gasteiger partial charge in [-0.15, -0.1) is 11.3 Å². The van der Waals surface area contributed by atoms with Gasteiger partial charge in [0.2, 0.25) is 5.01 Å². The van der Waals surface area contributed by atoms with Crippen LogP contribution in [0.3, 0.4) is 0 Å². The summed E-state index contributed by atoms with van der Waals surface area (Å²) in [6.07, 6.45) is 3.55. The zero-order valence-corrected chi connectivity index (χ0v) is 17.3. The van der Waals surface area contributed by atoms with Gasteiger partial charge in [0.1, 0.15) is 11.3 Å². The maximum Gasteiger partial charge on any atom is 0.368 e. The van der Waals surface area contributed by atoms with E-state index in [1.807, 2.05) is 12.1 Å². The fourth-order valence-corrected chi connectivity index (χ4v) is 5.02. The molecule has 0 atom stereocenters. The van der Waals surface area contributed by atoms with Crippen LogP contribution in [0.4, 0.5) is 5.69 Å². The van der Waals surface area contributed by atoms with Gasteiger partial charge in [-0.2, -0.15) is 0 Å². The Morgan fingerprint density at radius 2 is 1.93 bits per heavy atom. The molecule has 8 nitrogen and oxygen atoms in total. The average molecular weight is 420 g/mol. The molecule has 1 aromatic carbocycles. The van der Waals surface area contributed by atoms with Crippen molar-refractivity contribution in [2.24, 2.45) is 5.73 Å². The van der Waals surface area contributed by atoms with Crippen molar-refractivity contribution in [3.8, 4) is 5.75 Å². The minimum absolute atomic E-state index is 0.199. The third kappa shape index (κ3) is 3.76. The van der Waals surface area contributed by atoms with Gasteiger partial charge < -0.3 is 24.8 Å². The van der Waals surface area contributed by atoms with Gasteiger partial charge in [-0.25, -0.2) is 9.78 Å². The van der Waals surface area contributed by atoms with Crippen molar-refractivity contribution in [2.75, 3.05) is 38.3 Å². The number of hydrogen-bond acceptors (Lipinski definition) is 8. The number of nitrogens with two attached hydrogens (primary N) is 1. The molecule has 2 aromatic rings. The topological polar surface area (TPSA) is 104 Å². The van der Waals surface area contributed by atoms with E-state index in [2.05, 4.69) is 9.88 Å². The third-order valence-electron chi connectivity index (χ3n) is 5.63. The maximum absolute atomic E-state index is 12.9. The van der Waals surface area contributed by atoms with Gasteiger partial charge in [0.25, 0.3) is 5.91 Å². The van der Waals surface area contributed by atoms with E-state index in [0.29, 0.717) is 37.3 Å². The number of ether oxygens (including phenoxy) is 3. The van der Waals surface area contributed by atoms with Crippen LogP contribution < -0.4 is 15.4 Å². The number of aromatic nitrogens is 1. The number of primary amides is 1. The molecule has 2 heterocycles. The summed E-state index contributed by atoms with van der Waals surface area (Å²) in [6.45, 7) is 2.85. The highest BCUT2D eigenvalue weighted by atomic mass is 32.1. The number of esters is 1. The van der Waals surface area contributed by atoms with Gasteiger partial charge in [-0.05, 0) is 37.8 Å². The first-order chi connectivity index (χ1) is 14.0. The highest BCUT2D eigenvalue weighted by Gasteiger charge is 2.42. The van der Waals surface area contributed by atoms with Crippen LogP contribution in [0.25, 0.3) is 10.2 Å². The number of fused-ring (bicyclic) bond motifs is 1. The second-order valence-corrected chi connectivity index (χ2v) is 8.39. The molecule has 0 spiro atoms. The Balaban J connectivity index is 1.68. The molecule has 1 aromatic heterocycles. The Morgan fingerprint density at radius 1 is 1.21 bits per heavy atom. The highest BCUT2D eigenvalue weighted by Crippen LogP contribution is 2.39. The first kappa shape index (κ1) is 19.9. The van der Waals surface area contributed by atoms with E-state index in [-0.39, 0.29) is 5.01 Å². The SMILES string of the molecule is COc1ccc(N2CCOCC2)c2sc(C(=O)OC3(C(N)=O)CCCCC3)nc12. The summed E-state index contributed by atoms with van der Waals surface area (Å²) < 4.78 is 17.4. The van der Waals surface area contributed by atoms with E-state index in [1.165, 1.54) is 11.3 Å². The van der Waals surface area contributed by atoms with E-state index >= 15 is 0 Å².